The maximum atomic E-state index is 12.6. The second kappa shape index (κ2) is 31.3. The fourth-order valence-corrected chi connectivity index (χ4v) is 2.62. The van der Waals surface area contributed by atoms with Crippen LogP contribution < -0.4 is 0 Å². The average molecular weight is 548 g/mol. The molecule has 1 aliphatic rings. The van der Waals surface area contributed by atoms with E-state index in [0.717, 1.165) is 10.9 Å². The van der Waals surface area contributed by atoms with Gasteiger partial charge in [0.15, 0.2) is 0 Å². The fraction of sp³-hybridized carbons (Fsp3) is 0.306. The van der Waals surface area contributed by atoms with Gasteiger partial charge in [-0.3, -0.25) is 4.98 Å². The number of aromatic nitrogens is 1. The molecule has 0 saturated carbocycles. The van der Waals surface area contributed by atoms with Crippen LogP contribution in [0.1, 0.15) is 48.0 Å². The van der Waals surface area contributed by atoms with Crippen molar-refractivity contribution in [1.82, 2.24) is 14.8 Å². The molecule has 220 valence electrons. The Morgan fingerprint density at radius 3 is 1.98 bits per heavy atom. The molecule has 40 heavy (non-hydrogen) atoms. The Bertz CT molecular complexity index is 1040. The van der Waals surface area contributed by atoms with Crippen LogP contribution in [0, 0.1) is 5.82 Å². The number of fused-ring (bicyclic) bond motifs is 1. The van der Waals surface area contributed by atoms with Crippen LogP contribution in [0.5, 0.6) is 0 Å². The number of nitrogens with zero attached hydrogens (tertiary/aromatic N) is 3. The van der Waals surface area contributed by atoms with Gasteiger partial charge in [-0.05, 0) is 58.6 Å². The molecule has 0 radical (unpaired) electrons. The summed E-state index contributed by atoms with van der Waals surface area (Å²) < 4.78 is 12.6. The molecule has 2 heterocycles. The van der Waals surface area contributed by atoms with Crippen LogP contribution in [0.4, 0.5) is 4.39 Å². The number of benzene rings is 1. The van der Waals surface area contributed by atoms with E-state index in [-0.39, 0.29) is 5.82 Å². The highest BCUT2D eigenvalue weighted by molar-refractivity contribution is 5.77. The Labute approximate surface area is 245 Å². The highest BCUT2D eigenvalue weighted by Gasteiger charge is 2.05. The summed E-state index contributed by atoms with van der Waals surface area (Å²) >= 11 is 0. The summed E-state index contributed by atoms with van der Waals surface area (Å²) in [6, 6.07) is 8.92. The number of halogens is 1. The zero-order chi connectivity index (χ0) is 31.0. The Morgan fingerprint density at radius 2 is 1.57 bits per heavy atom. The van der Waals surface area contributed by atoms with Crippen LogP contribution in [0.25, 0.3) is 10.9 Å². The van der Waals surface area contributed by atoms with Crippen molar-refractivity contribution in [2.75, 3.05) is 27.2 Å². The highest BCUT2D eigenvalue weighted by atomic mass is 19.1. The lowest BCUT2D eigenvalue weighted by atomic mass is 10.2. The third-order valence-electron chi connectivity index (χ3n) is 4.51. The highest BCUT2D eigenvalue weighted by Crippen LogP contribution is 2.10. The molecular formula is C36H54FN3. The van der Waals surface area contributed by atoms with Crippen molar-refractivity contribution in [1.29, 1.82) is 0 Å². The van der Waals surface area contributed by atoms with Crippen molar-refractivity contribution in [2.24, 2.45) is 0 Å². The minimum absolute atomic E-state index is 0.288. The van der Waals surface area contributed by atoms with Crippen molar-refractivity contribution in [3.8, 4) is 0 Å². The molecule has 0 amide bonds. The van der Waals surface area contributed by atoms with E-state index in [0.29, 0.717) is 0 Å². The number of rotatable bonds is 6. The minimum atomic E-state index is -0.288. The van der Waals surface area contributed by atoms with E-state index >= 15 is 0 Å². The monoisotopic (exact) mass is 547 g/mol. The fourth-order valence-electron chi connectivity index (χ4n) is 2.62. The Balaban J connectivity index is -0.000000431. The predicted octanol–water partition coefficient (Wildman–Crippen LogP) is 10.3. The first-order chi connectivity index (χ1) is 19.3. The zero-order valence-electron chi connectivity index (χ0n) is 26.4. The van der Waals surface area contributed by atoms with Gasteiger partial charge in [0.2, 0.25) is 0 Å². The van der Waals surface area contributed by atoms with Gasteiger partial charge in [-0.25, -0.2) is 4.39 Å². The zero-order valence-corrected chi connectivity index (χ0v) is 26.4. The first-order valence-corrected chi connectivity index (χ1v) is 13.8. The lowest BCUT2D eigenvalue weighted by molar-refractivity contribution is 0.264. The van der Waals surface area contributed by atoms with Crippen molar-refractivity contribution in [3.05, 3.63) is 141 Å². The largest absolute Gasteiger partial charge is 0.384 e. The molecule has 1 saturated heterocycles. The first-order valence-electron chi connectivity index (χ1n) is 13.8. The molecule has 0 atom stereocenters. The lowest BCUT2D eigenvalue weighted by Gasteiger charge is -2.28. The number of pyridine rings is 1. The number of hydrogen-bond acceptors (Lipinski definition) is 3. The van der Waals surface area contributed by atoms with Gasteiger partial charge in [-0.15, -0.1) is 0 Å². The van der Waals surface area contributed by atoms with Crippen molar-refractivity contribution in [3.63, 3.8) is 0 Å². The molecule has 0 aliphatic carbocycles. The first kappa shape index (κ1) is 40.6. The second-order valence-corrected chi connectivity index (χ2v) is 8.16. The SMILES string of the molecule is C/C=C\N(C)C.C=C/C=C(C)\C=C/C.C=C/C=C\C=C/C.C=CN1CCC1.CC.Fc1cnc2ccccc2c1. The number of para-hydroxylation sites is 1. The van der Waals surface area contributed by atoms with Gasteiger partial charge in [0.05, 0.1) is 11.7 Å². The predicted molar refractivity (Wildman–Crippen MR) is 181 cm³/mol. The van der Waals surface area contributed by atoms with E-state index in [9.17, 15) is 4.39 Å². The summed E-state index contributed by atoms with van der Waals surface area (Å²) in [7, 11) is 4.00. The Kier molecular flexibility index (Phi) is 31.7. The van der Waals surface area contributed by atoms with Gasteiger partial charge in [0, 0.05) is 32.6 Å². The summed E-state index contributed by atoms with van der Waals surface area (Å²) in [5.41, 5.74) is 2.07. The topological polar surface area (TPSA) is 19.4 Å². The van der Waals surface area contributed by atoms with Gasteiger partial charge >= 0.3 is 0 Å². The Hall–Kier alpha value is -3.92. The second-order valence-electron chi connectivity index (χ2n) is 8.16. The molecule has 0 unspecified atom stereocenters. The maximum absolute atomic E-state index is 12.6. The molecule has 1 aromatic carbocycles. The van der Waals surface area contributed by atoms with Gasteiger partial charge < -0.3 is 9.80 Å². The van der Waals surface area contributed by atoms with Gasteiger partial charge in [-0.1, -0.05) is 118 Å². The summed E-state index contributed by atoms with van der Waals surface area (Å²) in [5, 5.41) is 0.840. The number of hydrogen-bond donors (Lipinski definition) is 0. The molecule has 3 rings (SSSR count). The standard InChI is InChI=1S/C9H6FN.C8H12.C7H10.C5H9N.C5H11N.C2H6/c10-8-5-7-3-1-2-4-9(7)11-6-8;1-4-6-8(3)7-5-2;1-3-5-7-6-4-2;1-2-6-4-3-5-6;1-4-5-6(2)3;1-2/h1-6H;4-7H,1H2,2-3H3;3-7H,1H2,2H3;2H,1,3-5H2;4-5H,1-3H3;1-2H3/b;7-5-,8-6-;6-4-,7-5-;;5-4-;. The van der Waals surface area contributed by atoms with Crippen LogP contribution >= 0.6 is 0 Å². The van der Waals surface area contributed by atoms with Crippen molar-refractivity contribution < 1.29 is 4.39 Å². The summed E-state index contributed by atoms with van der Waals surface area (Å²) in [6.45, 7) is 25.2. The van der Waals surface area contributed by atoms with Crippen LogP contribution in [-0.2, 0) is 0 Å². The molecule has 0 spiro atoms. The molecule has 4 heteroatoms. The molecule has 1 aliphatic heterocycles. The van der Waals surface area contributed by atoms with E-state index in [4.69, 9.17) is 0 Å². The normalized spacial score (nSPS) is 11.8. The lowest BCUT2D eigenvalue weighted by Crippen LogP contribution is -2.31. The quantitative estimate of drug-likeness (QED) is 0.335. The average Bonchev–Trinajstić information content (AvgIpc) is 2.91. The number of allylic oxidation sites excluding steroid dienone is 11. The van der Waals surface area contributed by atoms with E-state index in [1.807, 2.05) is 146 Å². The van der Waals surface area contributed by atoms with Crippen LogP contribution in [0.15, 0.2) is 135 Å². The molecule has 0 bridgehead atoms. The van der Waals surface area contributed by atoms with E-state index in [1.165, 1.54) is 37.3 Å². The molecule has 1 fully saturated rings. The Morgan fingerprint density at radius 1 is 0.925 bits per heavy atom. The van der Waals surface area contributed by atoms with Crippen molar-refractivity contribution >= 4 is 10.9 Å². The third-order valence-corrected chi connectivity index (χ3v) is 4.51. The van der Waals surface area contributed by atoms with Crippen LogP contribution in [0.3, 0.4) is 0 Å². The molecular weight excluding hydrogens is 493 g/mol. The van der Waals surface area contributed by atoms with Gasteiger partial charge in [-0.2, -0.15) is 0 Å². The van der Waals surface area contributed by atoms with E-state index in [1.54, 1.807) is 12.2 Å². The summed E-state index contributed by atoms with van der Waals surface area (Å²) in [4.78, 5) is 8.10. The molecule has 1 aromatic heterocycles. The van der Waals surface area contributed by atoms with E-state index < -0.39 is 0 Å². The molecule has 3 nitrogen and oxygen atoms in total. The summed E-state index contributed by atoms with van der Waals surface area (Å²) in [5.74, 6) is -0.288. The number of likely N-dealkylation sites (tertiary alicyclic amines) is 1. The van der Waals surface area contributed by atoms with Crippen LogP contribution in [0.2, 0.25) is 0 Å². The third kappa shape index (κ3) is 27.1. The molecule has 2 aromatic rings. The smallest absolute Gasteiger partial charge is 0.142 e. The van der Waals surface area contributed by atoms with E-state index in [2.05, 4.69) is 29.6 Å². The van der Waals surface area contributed by atoms with Gasteiger partial charge in [0.25, 0.3) is 0 Å². The minimum Gasteiger partial charge on any atom is -0.384 e. The van der Waals surface area contributed by atoms with Gasteiger partial charge in [0.1, 0.15) is 5.82 Å². The van der Waals surface area contributed by atoms with Crippen LogP contribution in [-0.4, -0.2) is 42.0 Å². The molecule has 0 N–H and O–H groups in total. The summed E-state index contributed by atoms with van der Waals surface area (Å²) in [6.07, 6.45) is 25.8. The van der Waals surface area contributed by atoms with Crippen molar-refractivity contribution in [2.45, 2.75) is 48.0 Å². The maximum Gasteiger partial charge on any atom is 0.142 e.